The van der Waals surface area contributed by atoms with Crippen molar-refractivity contribution >= 4 is 5.57 Å². The van der Waals surface area contributed by atoms with Gasteiger partial charge in [-0.05, 0) is 63.4 Å². The van der Waals surface area contributed by atoms with E-state index in [1.54, 1.807) is 0 Å². The fourth-order valence-corrected chi connectivity index (χ4v) is 2.61. The Morgan fingerprint density at radius 1 is 1.18 bits per heavy atom. The van der Waals surface area contributed by atoms with Gasteiger partial charge in [0.05, 0.1) is 0 Å². The maximum Gasteiger partial charge on any atom is -0.00160 e. The lowest BCUT2D eigenvalue weighted by molar-refractivity contribution is 0.347. The fraction of sp³-hybridized carbons (Fsp3) is 0.500. The van der Waals surface area contributed by atoms with E-state index in [9.17, 15) is 0 Å². The summed E-state index contributed by atoms with van der Waals surface area (Å²) < 4.78 is 0. The molecule has 0 radical (unpaired) electrons. The first kappa shape index (κ1) is 12.4. The van der Waals surface area contributed by atoms with Crippen molar-refractivity contribution in [3.8, 4) is 0 Å². The highest BCUT2D eigenvalue weighted by Crippen LogP contribution is 2.28. The molecule has 1 fully saturated rings. The Morgan fingerprint density at radius 2 is 1.88 bits per heavy atom. The predicted molar refractivity (Wildman–Crippen MR) is 75.2 cm³/mol. The molecular formula is C16H23N. The van der Waals surface area contributed by atoms with Crippen molar-refractivity contribution in [1.29, 1.82) is 0 Å². The number of likely N-dealkylation sites (tertiary alicyclic amines) is 1. The Kier molecular flexibility index (Phi) is 4.01. The third-order valence-corrected chi connectivity index (χ3v) is 3.83. The summed E-state index contributed by atoms with van der Waals surface area (Å²) in [5.74, 6) is 0.749. The van der Waals surface area contributed by atoms with Crippen molar-refractivity contribution in [1.82, 2.24) is 4.90 Å². The number of nitrogens with zero attached hydrogens (tertiary/aromatic N) is 1. The lowest BCUT2D eigenvalue weighted by Gasteiger charge is -2.15. The molecule has 2 rings (SSSR count). The number of allylic oxidation sites excluding steroid dienone is 1. The normalized spacial score (nSPS) is 22.1. The van der Waals surface area contributed by atoms with Crippen LogP contribution in [0.3, 0.4) is 0 Å². The molecule has 0 bridgehead atoms. The Morgan fingerprint density at radius 3 is 2.53 bits per heavy atom. The molecule has 92 valence electrons. The molecule has 1 heteroatoms. The maximum absolute atomic E-state index is 3.99. The molecular weight excluding hydrogens is 206 g/mol. The highest BCUT2D eigenvalue weighted by atomic mass is 15.1. The van der Waals surface area contributed by atoms with Crippen LogP contribution in [0, 0.1) is 0 Å². The molecule has 0 N–H and O–H groups in total. The summed E-state index contributed by atoms with van der Waals surface area (Å²) in [4.78, 5) is 2.45. The zero-order chi connectivity index (χ0) is 12.3. The maximum atomic E-state index is 3.99. The summed E-state index contributed by atoms with van der Waals surface area (Å²) in [6.45, 7) is 8.53. The van der Waals surface area contributed by atoms with E-state index in [-0.39, 0.29) is 0 Å². The summed E-state index contributed by atoms with van der Waals surface area (Å²) in [6, 6.07) is 9.01. The van der Waals surface area contributed by atoms with Gasteiger partial charge >= 0.3 is 0 Å². The number of hydrogen-bond acceptors (Lipinski definition) is 1. The molecule has 17 heavy (non-hydrogen) atoms. The Bertz CT molecular complexity index is 377. The third-order valence-electron chi connectivity index (χ3n) is 3.83. The summed E-state index contributed by atoms with van der Waals surface area (Å²) in [7, 11) is 2.23. The van der Waals surface area contributed by atoms with E-state index in [4.69, 9.17) is 0 Å². The average Bonchev–Trinajstić information content (AvgIpc) is 2.54. The molecule has 1 aromatic carbocycles. The van der Waals surface area contributed by atoms with Crippen LogP contribution in [-0.2, 0) is 0 Å². The first-order chi connectivity index (χ1) is 8.16. The standard InChI is InChI=1S/C16H23N/c1-13(2)14-6-8-16(9-7-14)15-5-4-11-17(3)12-10-15/h6-9,15H,1,4-5,10-12H2,2-3H3. The summed E-state index contributed by atoms with van der Waals surface area (Å²) >= 11 is 0. The van der Waals surface area contributed by atoms with Gasteiger partial charge in [-0.3, -0.25) is 0 Å². The van der Waals surface area contributed by atoms with Gasteiger partial charge in [0.15, 0.2) is 0 Å². The highest BCUT2D eigenvalue weighted by molar-refractivity contribution is 5.61. The molecule has 1 atom stereocenters. The zero-order valence-corrected chi connectivity index (χ0v) is 11.1. The topological polar surface area (TPSA) is 3.24 Å². The second kappa shape index (κ2) is 5.50. The van der Waals surface area contributed by atoms with E-state index in [1.165, 1.54) is 43.5 Å². The average molecular weight is 229 g/mol. The first-order valence-electron chi connectivity index (χ1n) is 6.61. The number of rotatable bonds is 2. The predicted octanol–water partition coefficient (Wildman–Crippen LogP) is 3.92. The molecule has 0 aliphatic carbocycles. The monoisotopic (exact) mass is 229 g/mol. The third kappa shape index (κ3) is 3.19. The minimum absolute atomic E-state index is 0.749. The van der Waals surface area contributed by atoms with E-state index in [2.05, 4.69) is 49.7 Å². The lowest BCUT2D eigenvalue weighted by Crippen LogP contribution is -2.18. The SMILES string of the molecule is C=C(C)c1ccc(C2CCCN(C)CC2)cc1. The molecule has 1 saturated heterocycles. The number of hydrogen-bond donors (Lipinski definition) is 0. The van der Waals surface area contributed by atoms with Gasteiger partial charge in [0.25, 0.3) is 0 Å². The van der Waals surface area contributed by atoms with E-state index in [0.717, 1.165) is 11.5 Å². The molecule has 1 nitrogen and oxygen atoms in total. The summed E-state index contributed by atoms with van der Waals surface area (Å²) in [5, 5.41) is 0. The summed E-state index contributed by atoms with van der Waals surface area (Å²) in [5.41, 5.74) is 3.92. The second-order valence-electron chi connectivity index (χ2n) is 5.33. The van der Waals surface area contributed by atoms with Gasteiger partial charge in [0.2, 0.25) is 0 Å². The molecule has 0 saturated carbocycles. The van der Waals surface area contributed by atoms with E-state index in [1.807, 2.05) is 0 Å². The van der Waals surface area contributed by atoms with Gasteiger partial charge < -0.3 is 4.90 Å². The molecule has 1 aromatic rings. The van der Waals surface area contributed by atoms with Crippen molar-refractivity contribution in [2.75, 3.05) is 20.1 Å². The van der Waals surface area contributed by atoms with E-state index in [0.29, 0.717) is 0 Å². The minimum Gasteiger partial charge on any atom is -0.306 e. The van der Waals surface area contributed by atoms with Crippen LogP contribution >= 0.6 is 0 Å². The fourth-order valence-electron chi connectivity index (χ4n) is 2.61. The van der Waals surface area contributed by atoms with Crippen LogP contribution in [0.15, 0.2) is 30.8 Å². The smallest absolute Gasteiger partial charge is 0.00160 e. The number of benzene rings is 1. The molecule has 1 aliphatic heterocycles. The molecule has 1 heterocycles. The van der Waals surface area contributed by atoms with Crippen LogP contribution in [0.25, 0.3) is 5.57 Å². The van der Waals surface area contributed by atoms with Crippen molar-refractivity contribution in [3.05, 3.63) is 42.0 Å². The minimum atomic E-state index is 0.749. The molecule has 0 amide bonds. The van der Waals surface area contributed by atoms with Crippen LogP contribution in [0.5, 0.6) is 0 Å². The Hall–Kier alpha value is -1.08. The molecule has 0 aromatic heterocycles. The van der Waals surface area contributed by atoms with Crippen LogP contribution in [0.2, 0.25) is 0 Å². The highest BCUT2D eigenvalue weighted by Gasteiger charge is 2.16. The van der Waals surface area contributed by atoms with Crippen molar-refractivity contribution in [2.45, 2.75) is 32.1 Å². The van der Waals surface area contributed by atoms with Crippen LogP contribution in [0.1, 0.15) is 43.2 Å². The Labute approximate surface area is 105 Å². The van der Waals surface area contributed by atoms with E-state index < -0.39 is 0 Å². The van der Waals surface area contributed by atoms with Gasteiger partial charge in [0, 0.05) is 0 Å². The van der Waals surface area contributed by atoms with Crippen LogP contribution < -0.4 is 0 Å². The molecule has 1 aliphatic rings. The zero-order valence-electron chi connectivity index (χ0n) is 11.1. The molecule has 0 spiro atoms. The molecule has 1 unspecified atom stereocenters. The second-order valence-corrected chi connectivity index (χ2v) is 5.33. The quantitative estimate of drug-likeness (QED) is 0.743. The lowest BCUT2D eigenvalue weighted by atomic mass is 9.91. The van der Waals surface area contributed by atoms with Crippen molar-refractivity contribution in [3.63, 3.8) is 0 Å². The van der Waals surface area contributed by atoms with E-state index >= 15 is 0 Å². The van der Waals surface area contributed by atoms with Gasteiger partial charge in [-0.1, -0.05) is 36.4 Å². The van der Waals surface area contributed by atoms with Gasteiger partial charge in [-0.2, -0.15) is 0 Å². The Balaban J connectivity index is 2.08. The van der Waals surface area contributed by atoms with Crippen LogP contribution in [0.4, 0.5) is 0 Å². The largest absolute Gasteiger partial charge is 0.306 e. The van der Waals surface area contributed by atoms with Gasteiger partial charge in [0.1, 0.15) is 0 Å². The van der Waals surface area contributed by atoms with Gasteiger partial charge in [-0.15, -0.1) is 0 Å². The van der Waals surface area contributed by atoms with Crippen LogP contribution in [-0.4, -0.2) is 25.0 Å². The summed E-state index contributed by atoms with van der Waals surface area (Å²) in [6.07, 6.45) is 3.95. The van der Waals surface area contributed by atoms with Crippen molar-refractivity contribution in [2.24, 2.45) is 0 Å². The first-order valence-corrected chi connectivity index (χ1v) is 6.61. The van der Waals surface area contributed by atoms with Crippen molar-refractivity contribution < 1.29 is 0 Å². The van der Waals surface area contributed by atoms with Gasteiger partial charge in [-0.25, -0.2) is 0 Å².